The number of nitrogens with zero attached hydrogens (tertiary/aromatic N) is 2. The van der Waals surface area contributed by atoms with Gasteiger partial charge in [-0.3, -0.25) is 14.6 Å². The fourth-order valence-corrected chi connectivity index (χ4v) is 3.97. The van der Waals surface area contributed by atoms with Gasteiger partial charge < -0.3 is 19.5 Å². The summed E-state index contributed by atoms with van der Waals surface area (Å²) in [6.07, 6.45) is 2.97. The minimum Gasteiger partial charge on any atom is -0.507 e. The molecule has 1 saturated heterocycles. The number of pyridine rings is 1. The molecule has 4 rings (SSSR count). The van der Waals surface area contributed by atoms with Crippen LogP contribution < -0.4 is 9.47 Å². The lowest BCUT2D eigenvalue weighted by molar-refractivity contribution is -0.140. The van der Waals surface area contributed by atoms with E-state index in [0.29, 0.717) is 34.8 Å². The Morgan fingerprint density at radius 1 is 1.06 bits per heavy atom. The van der Waals surface area contributed by atoms with E-state index in [9.17, 15) is 19.1 Å². The fourth-order valence-electron chi connectivity index (χ4n) is 3.97. The van der Waals surface area contributed by atoms with E-state index in [-0.39, 0.29) is 17.9 Å². The maximum Gasteiger partial charge on any atom is 0.295 e. The molecule has 1 aliphatic rings. The largest absolute Gasteiger partial charge is 0.507 e. The number of ketones is 1. The van der Waals surface area contributed by atoms with Gasteiger partial charge in [-0.1, -0.05) is 18.2 Å². The Morgan fingerprint density at radius 3 is 2.41 bits per heavy atom. The maximum atomic E-state index is 13.4. The SMILES string of the molecule is CCOc1cc(C2/C(=C(/O)c3ccncc3)C(=O)C(=O)N2Cc2ccc(F)cc2)ccc1OC. The van der Waals surface area contributed by atoms with Crippen molar-refractivity contribution in [1.29, 1.82) is 0 Å². The molecule has 0 radical (unpaired) electrons. The molecule has 0 aliphatic carbocycles. The summed E-state index contributed by atoms with van der Waals surface area (Å²) in [5.74, 6) is -1.35. The topological polar surface area (TPSA) is 89.0 Å². The van der Waals surface area contributed by atoms with E-state index >= 15 is 0 Å². The average molecular weight is 462 g/mol. The van der Waals surface area contributed by atoms with Gasteiger partial charge in [0, 0.05) is 24.5 Å². The van der Waals surface area contributed by atoms with Gasteiger partial charge in [-0.2, -0.15) is 0 Å². The molecule has 1 N–H and O–H groups in total. The zero-order valence-electron chi connectivity index (χ0n) is 18.7. The number of likely N-dealkylation sites (tertiary alicyclic amines) is 1. The average Bonchev–Trinajstić information content (AvgIpc) is 3.10. The standard InChI is InChI=1S/C26H23FN2O5/c1-3-34-21-14-18(6-9-20(21)33-2)23-22(24(30)17-10-12-28-13-11-17)25(31)26(32)29(23)15-16-4-7-19(27)8-5-16/h4-14,23,30H,3,15H2,1-2H3/b24-22-. The molecule has 3 aromatic rings. The lowest BCUT2D eigenvalue weighted by atomic mass is 9.95. The smallest absolute Gasteiger partial charge is 0.295 e. The summed E-state index contributed by atoms with van der Waals surface area (Å²) in [6, 6.07) is 13.0. The molecule has 1 aliphatic heterocycles. The summed E-state index contributed by atoms with van der Waals surface area (Å²) in [4.78, 5) is 31.6. The highest BCUT2D eigenvalue weighted by Gasteiger charge is 2.46. The van der Waals surface area contributed by atoms with Crippen LogP contribution in [0.4, 0.5) is 4.39 Å². The molecule has 34 heavy (non-hydrogen) atoms. The molecule has 0 spiro atoms. The number of ether oxygens (including phenoxy) is 2. The lowest BCUT2D eigenvalue weighted by Gasteiger charge is -2.26. The third-order valence-corrected chi connectivity index (χ3v) is 5.56. The Labute approximate surface area is 196 Å². The van der Waals surface area contributed by atoms with E-state index in [1.807, 2.05) is 6.92 Å². The first kappa shape index (κ1) is 23.0. The first-order chi connectivity index (χ1) is 16.4. The molecule has 7 nitrogen and oxygen atoms in total. The Morgan fingerprint density at radius 2 is 1.76 bits per heavy atom. The Balaban J connectivity index is 1.87. The number of amides is 1. The minimum atomic E-state index is -0.900. The van der Waals surface area contributed by atoms with Crippen LogP contribution in [-0.4, -0.2) is 40.4 Å². The van der Waals surface area contributed by atoms with Crippen molar-refractivity contribution in [3.63, 3.8) is 0 Å². The van der Waals surface area contributed by atoms with Crippen LogP contribution in [0.25, 0.3) is 5.76 Å². The number of carbonyl (C=O) groups excluding carboxylic acids is 2. The molecule has 174 valence electrons. The molecule has 1 fully saturated rings. The summed E-state index contributed by atoms with van der Waals surface area (Å²) in [6.45, 7) is 2.25. The Hall–Kier alpha value is -4.20. The second kappa shape index (κ2) is 9.74. The molecule has 0 saturated carbocycles. The predicted octanol–water partition coefficient (Wildman–Crippen LogP) is 4.25. The second-order valence-corrected chi connectivity index (χ2v) is 7.63. The highest BCUT2D eigenvalue weighted by atomic mass is 19.1. The van der Waals surface area contributed by atoms with E-state index in [1.165, 1.54) is 36.5 Å². The third-order valence-electron chi connectivity index (χ3n) is 5.56. The molecule has 0 bridgehead atoms. The van der Waals surface area contributed by atoms with Crippen molar-refractivity contribution in [2.75, 3.05) is 13.7 Å². The number of carbonyl (C=O) groups is 2. The third kappa shape index (κ3) is 4.34. The predicted molar refractivity (Wildman–Crippen MR) is 123 cm³/mol. The van der Waals surface area contributed by atoms with Crippen molar-refractivity contribution in [2.45, 2.75) is 19.5 Å². The highest BCUT2D eigenvalue weighted by molar-refractivity contribution is 6.46. The van der Waals surface area contributed by atoms with E-state index in [2.05, 4.69) is 4.98 Å². The molecule has 1 amide bonds. The number of methoxy groups -OCH3 is 1. The van der Waals surface area contributed by atoms with Gasteiger partial charge in [0.2, 0.25) is 0 Å². The molecule has 1 unspecified atom stereocenters. The van der Waals surface area contributed by atoms with Crippen LogP contribution in [0.2, 0.25) is 0 Å². The summed E-state index contributed by atoms with van der Waals surface area (Å²) in [7, 11) is 1.52. The monoisotopic (exact) mass is 462 g/mol. The minimum absolute atomic E-state index is 0.0403. The number of benzene rings is 2. The van der Waals surface area contributed by atoms with Crippen LogP contribution in [0.15, 0.2) is 72.6 Å². The van der Waals surface area contributed by atoms with Gasteiger partial charge in [0.25, 0.3) is 11.7 Å². The molecular weight excluding hydrogens is 439 g/mol. The lowest BCUT2D eigenvalue weighted by Crippen LogP contribution is -2.29. The number of Topliss-reactive ketones (excluding diaryl/α,β-unsaturated/α-hetero) is 1. The number of hydrogen-bond acceptors (Lipinski definition) is 6. The highest BCUT2D eigenvalue weighted by Crippen LogP contribution is 2.42. The molecule has 8 heteroatoms. The molecule has 1 aromatic heterocycles. The van der Waals surface area contributed by atoms with Crippen LogP contribution in [0.3, 0.4) is 0 Å². The van der Waals surface area contributed by atoms with E-state index in [4.69, 9.17) is 9.47 Å². The zero-order chi connectivity index (χ0) is 24.2. The van der Waals surface area contributed by atoms with Crippen LogP contribution in [0, 0.1) is 5.82 Å². The van der Waals surface area contributed by atoms with E-state index in [0.717, 1.165) is 0 Å². The number of hydrogen-bond donors (Lipinski definition) is 1. The number of aromatic nitrogens is 1. The van der Waals surface area contributed by atoms with Gasteiger partial charge in [-0.15, -0.1) is 0 Å². The summed E-state index contributed by atoms with van der Waals surface area (Å²) >= 11 is 0. The van der Waals surface area contributed by atoms with Crippen LogP contribution >= 0.6 is 0 Å². The van der Waals surface area contributed by atoms with Crippen molar-refractivity contribution >= 4 is 17.4 Å². The summed E-state index contributed by atoms with van der Waals surface area (Å²) < 4.78 is 24.5. The number of aliphatic hydroxyl groups excluding tert-OH is 1. The summed E-state index contributed by atoms with van der Waals surface area (Å²) in [5, 5.41) is 11.1. The van der Waals surface area contributed by atoms with Crippen molar-refractivity contribution in [3.8, 4) is 11.5 Å². The Kier molecular flexibility index (Phi) is 6.58. The fraction of sp³-hybridized carbons (Fsp3) is 0.192. The van der Waals surface area contributed by atoms with Gasteiger partial charge in [0.15, 0.2) is 11.5 Å². The van der Waals surface area contributed by atoms with Crippen molar-refractivity contribution in [1.82, 2.24) is 9.88 Å². The van der Waals surface area contributed by atoms with Gasteiger partial charge in [0.1, 0.15) is 11.6 Å². The van der Waals surface area contributed by atoms with Crippen LogP contribution in [-0.2, 0) is 16.1 Å². The van der Waals surface area contributed by atoms with Crippen molar-refractivity contribution in [2.24, 2.45) is 0 Å². The molecule has 2 heterocycles. The number of rotatable bonds is 7. The van der Waals surface area contributed by atoms with Gasteiger partial charge in [0.05, 0.1) is 25.3 Å². The van der Waals surface area contributed by atoms with Gasteiger partial charge in [-0.05, 0) is 54.4 Å². The molecular formula is C26H23FN2O5. The van der Waals surface area contributed by atoms with Crippen LogP contribution in [0.5, 0.6) is 11.5 Å². The van der Waals surface area contributed by atoms with Crippen LogP contribution in [0.1, 0.15) is 29.7 Å². The van der Waals surface area contributed by atoms with Crippen molar-refractivity contribution in [3.05, 3.63) is 95.1 Å². The molecule has 2 aromatic carbocycles. The molecule has 1 atom stereocenters. The first-order valence-electron chi connectivity index (χ1n) is 10.7. The summed E-state index contributed by atoms with van der Waals surface area (Å²) in [5.41, 5.74) is 1.50. The van der Waals surface area contributed by atoms with E-state index in [1.54, 1.807) is 42.5 Å². The number of halogens is 1. The normalized spacial score (nSPS) is 17.1. The quantitative estimate of drug-likeness (QED) is 0.321. The maximum absolute atomic E-state index is 13.4. The first-order valence-corrected chi connectivity index (χ1v) is 10.7. The van der Waals surface area contributed by atoms with Crippen molar-refractivity contribution < 1.29 is 28.6 Å². The second-order valence-electron chi connectivity index (χ2n) is 7.63. The van der Waals surface area contributed by atoms with Gasteiger partial charge in [-0.25, -0.2) is 4.39 Å². The zero-order valence-corrected chi connectivity index (χ0v) is 18.7. The number of aliphatic hydroxyl groups is 1. The Bertz CT molecular complexity index is 1240. The van der Waals surface area contributed by atoms with E-state index < -0.39 is 23.5 Å². The van der Waals surface area contributed by atoms with Gasteiger partial charge >= 0.3 is 0 Å².